The molecule has 0 aromatic heterocycles. The molecule has 2 atom stereocenters. The molecule has 2 nitrogen and oxygen atoms in total. The number of nitrogens with zero attached hydrogens (tertiary/aromatic N) is 2. The first-order valence-corrected chi connectivity index (χ1v) is 7.63. The van der Waals surface area contributed by atoms with E-state index >= 15 is 0 Å². The van der Waals surface area contributed by atoms with Gasteiger partial charge in [0, 0.05) is 37.2 Å². The molecule has 2 aliphatic rings. The van der Waals surface area contributed by atoms with Gasteiger partial charge >= 0.3 is 0 Å². The van der Waals surface area contributed by atoms with Crippen LogP contribution in [-0.4, -0.2) is 43.0 Å². The molecule has 0 aliphatic carbocycles. The van der Waals surface area contributed by atoms with Crippen molar-refractivity contribution in [2.75, 3.05) is 33.2 Å². The molecule has 2 unspecified atom stereocenters. The van der Waals surface area contributed by atoms with Gasteiger partial charge in [-0.3, -0.25) is 4.90 Å². The highest BCUT2D eigenvalue weighted by Gasteiger charge is 2.32. The van der Waals surface area contributed by atoms with Crippen molar-refractivity contribution in [3.8, 4) is 0 Å². The van der Waals surface area contributed by atoms with Gasteiger partial charge in [0.25, 0.3) is 0 Å². The van der Waals surface area contributed by atoms with Crippen LogP contribution in [0.25, 0.3) is 0 Å². The van der Waals surface area contributed by atoms with Crippen LogP contribution in [0.5, 0.6) is 0 Å². The molecule has 3 rings (SSSR count). The van der Waals surface area contributed by atoms with Gasteiger partial charge in [0.2, 0.25) is 0 Å². The third-order valence-corrected chi connectivity index (χ3v) is 4.69. The van der Waals surface area contributed by atoms with Crippen LogP contribution in [-0.2, 0) is 6.54 Å². The summed E-state index contributed by atoms with van der Waals surface area (Å²) in [5.74, 6) is 1.77. The van der Waals surface area contributed by atoms with Crippen LogP contribution in [0, 0.1) is 11.8 Å². The number of hydrogen-bond donors (Lipinski definition) is 0. The Labute approximate surface area is 118 Å². The highest BCUT2D eigenvalue weighted by Crippen LogP contribution is 2.28. The zero-order valence-electron chi connectivity index (χ0n) is 11.0. The largest absolute Gasteiger partial charge is 0.306 e. The minimum Gasteiger partial charge on any atom is -0.306 e. The Morgan fingerprint density at radius 2 is 1.67 bits per heavy atom. The molecule has 1 aromatic rings. The number of hydrogen-bond acceptors (Lipinski definition) is 2. The van der Waals surface area contributed by atoms with Crippen molar-refractivity contribution in [3.05, 3.63) is 34.3 Å². The van der Waals surface area contributed by atoms with E-state index in [1.807, 2.05) is 0 Å². The van der Waals surface area contributed by atoms with Crippen molar-refractivity contribution in [2.45, 2.75) is 13.0 Å². The Morgan fingerprint density at radius 3 is 2.28 bits per heavy atom. The van der Waals surface area contributed by atoms with E-state index in [0.717, 1.165) is 18.4 Å². The second-order valence-electron chi connectivity index (χ2n) is 6.01. The standard InChI is InChI=1S/C15H21BrN2/c1-17-7-13-6-14(8-17)11-18(10-13)9-12-2-4-15(16)5-3-12/h2-5,13-14H,6-11H2,1H3. The van der Waals surface area contributed by atoms with Gasteiger partial charge in [0.15, 0.2) is 0 Å². The van der Waals surface area contributed by atoms with E-state index in [9.17, 15) is 0 Å². The van der Waals surface area contributed by atoms with Crippen LogP contribution in [0.15, 0.2) is 28.7 Å². The Kier molecular flexibility index (Phi) is 3.73. The van der Waals surface area contributed by atoms with Crippen LogP contribution >= 0.6 is 15.9 Å². The molecular weight excluding hydrogens is 288 g/mol. The molecule has 2 bridgehead atoms. The lowest BCUT2D eigenvalue weighted by atomic mass is 9.85. The van der Waals surface area contributed by atoms with Gasteiger partial charge in [0.05, 0.1) is 0 Å². The lowest BCUT2D eigenvalue weighted by Gasteiger charge is -2.44. The summed E-state index contributed by atoms with van der Waals surface area (Å²) in [6.07, 6.45) is 1.45. The zero-order valence-corrected chi connectivity index (χ0v) is 12.6. The van der Waals surface area contributed by atoms with E-state index in [0.29, 0.717) is 0 Å². The fourth-order valence-corrected chi connectivity index (χ4v) is 3.89. The predicted molar refractivity (Wildman–Crippen MR) is 78.5 cm³/mol. The third kappa shape index (κ3) is 2.95. The second kappa shape index (κ2) is 5.32. The van der Waals surface area contributed by atoms with Gasteiger partial charge in [-0.1, -0.05) is 28.1 Å². The third-order valence-electron chi connectivity index (χ3n) is 4.16. The van der Waals surface area contributed by atoms with E-state index in [-0.39, 0.29) is 0 Å². The highest BCUT2D eigenvalue weighted by atomic mass is 79.9. The van der Waals surface area contributed by atoms with Crippen LogP contribution in [0.3, 0.4) is 0 Å². The Morgan fingerprint density at radius 1 is 1.06 bits per heavy atom. The van der Waals surface area contributed by atoms with Crippen molar-refractivity contribution < 1.29 is 0 Å². The predicted octanol–water partition coefficient (Wildman–Crippen LogP) is 2.83. The molecule has 0 spiro atoms. The molecular formula is C15H21BrN2. The SMILES string of the molecule is CN1CC2CC(C1)CN(Cc1ccc(Br)cc1)C2. The maximum Gasteiger partial charge on any atom is 0.0233 e. The molecule has 1 aromatic carbocycles. The van der Waals surface area contributed by atoms with E-state index in [1.165, 1.54) is 42.6 Å². The van der Waals surface area contributed by atoms with E-state index in [1.54, 1.807) is 0 Å². The van der Waals surface area contributed by atoms with E-state index in [2.05, 4.69) is 57.0 Å². The minimum absolute atomic E-state index is 0.887. The smallest absolute Gasteiger partial charge is 0.0233 e. The summed E-state index contributed by atoms with van der Waals surface area (Å²) in [6, 6.07) is 8.77. The van der Waals surface area contributed by atoms with E-state index < -0.39 is 0 Å². The Hall–Kier alpha value is -0.380. The van der Waals surface area contributed by atoms with Crippen LogP contribution in [0.4, 0.5) is 0 Å². The number of halogens is 1. The monoisotopic (exact) mass is 308 g/mol. The summed E-state index contributed by atoms with van der Waals surface area (Å²) in [7, 11) is 2.27. The van der Waals surface area contributed by atoms with E-state index in [4.69, 9.17) is 0 Å². The number of likely N-dealkylation sites (tertiary alicyclic amines) is 2. The average Bonchev–Trinajstić information content (AvgIpc) is 2.30. The fourth-order valence-electron chi connectivity index (χ4n) is 3.62. The van der Waals surface area contributed by atoms with Crippen molar-refractivity contribution >= 4 is 15.9 Å². The first-order valence-electron chi connectivity index (χ1n) is 6.84. The normalized spacial score (nSPS) is 29.4. The molecule has 0 radical (unpaired) electrons. The van der Waals surface area contributed by atoms with Gasteiger partial charge in [-0.05, 0) is 43.0 Å². The number of benzene rings is 1. The summed E-state index contributed by atoms with van der Waals surface area (Å²) in [6.45, 7) is 6.23. The van der Waals surface area contributed by atoms with Gasteiger partial charge in [-0.2, -0.15) is 0 Å². The van der Waals surface area contributed by atoms with Gasteiger partial charge < -0.3 is 4.90 Å². The molecule has 2 fully saturated rings. The zero-order chi connectivity index (χ0) is 12.5. The summed E-state index contributed by atoms with van der Waals surface area (Å²) < 4.78 is 1.17. The highest BCUT2D eigenvalue weighted by molar-refractivity contribution is 9.10. The maximum atomic E-state index is 3.50. The number of piperidine rings is 2. The summed E-state index contributed by atoms with van der Waals surface area (Å²) >= 11 is 3.50. The number of rotatable bonds is 2. The molecule has 18 heavy (non-hydrogen) atoms. The molecule has 98 valence electrons. The van der Waals surface area contributed by atoms with Gasteiger partial charge in [-0.15, -0.1) is 0 Å². The van der Waals surface area contributed by atoms with Crippen molar-refractivity contribution in [1.82, 2.24) is 9.80 Å². The van der Waals surface area contributed by atoms with Crippen LogP contribution in [0.1, 0.15) is 12.0 Å². The summed E-state index contributed by atoms with van der Waals surface area (Å²) in [4.78, 5) is 5.16. The first kappa shape index (κ1) is 12.6. The van der Waals surface area contributed by atoms with Gasteiger partial charge in [0.1, 0.15) is 0 Å². The minimum atomic E-state index is 0.887. The Balaban J connectivity index is 1.62. The molecule has 0 amide bonds. The fraction of sp³-hybridized carbons (Fsp3) is 0.600. The Bertz CT molecular complexity index is 385. The van der Waals surface area contributed by atoms with Gasteiger partial charge in [-0.25, -0.2) is 0 Å². The van der Waals surface area contributed by atoms with Crippen LogP contribution < -0.4 is 0 Å². The molecule has 0 N–H and O–H groups in total. The quantitative estimate of drug-likeness (QED) is 0.829. The topological polar surface area (TPSA) is 6.48 Å². The van der Waals surface area contributed by atoms with Crippen molar-refractivity contribution in [3.63, 3.8) is 0 Å². The molecule has 3 heteroatoms. The molecule has 2 aliphatic heterocycles. The second-order valence-corrected chi connectivity index (χ2v) is 6.93. The lowest BCUT2D eigenvalue weighted by molar-refractivity contribution is 0.0392. The summed E-state index contributed by atoms with van der Waals surface area (Å²) in [5, 5.41) is 0. The van der Waals surface area contributed by atoms with Crippen molar-refractivity contribution in [1.29, 1.82) is 0 Å². The molecule has 2 heterocycles. The van der Waals surface area contributed by atoms with Crippen LogP contribution in [0.2, 0.25) is 0 Å². The summed E-state index contributed by atoms with van der Waals surface area (Å²) in [5.41, 5.74) is 1.44. The number of fused-ring (bicyclic) bond motifs is 2. The average molecular weight is 309 g/mol. The lowest BCUT2D eigenvalue weighted by Crippen LogP contribution is -2.51. The molecule has 2 saturated heterocycles. The maximum absolute atomic E-state index is 3.50. The first-order chi connectivity index (χ1) is 8.69. The molecule has 0 saturated carbocycles. The van der Waals surface area contributed by atoms with Crippen molar-refractivity contribution in [2.24, 2.45) is 11.8 Å².